The molecule has 6 nitrogen and oxygen atoms in total. The molecule has 1 aliphatic rings. The maximum Gasteiger partial charge on any atom is 0.325 e. The molecule has 7 heteroatoms. The van der Waals surface area contributed by atoms with Crippen LogP contribution in [0.25, 0.3) is 0 Å². The minimum atomic E-state index is -0.758. The number of nitrogens with zero attached hydrogens (tertiary/aromatic N) is 1. The van der Waals surface area contributed by atoms with Crippen molar-refractivity contribution in [2.45, 2.75) is 46.7 Å². The van der Waals surface area contributed by atoms with Gasteiger partial charge in [0.1, 0.15) is 12.6 Å². The summed E-state index contributed by atoms with van der Waals surface area (Å²) in [5.74, 6) is -0.759. The average Bonchev–Trinajstić information content (AvgIpc) is 3.25. The molecule has 29 heavy (non-hydrogen) atoms. The summed E-state index contributed by atoms with van der Waals surface area (Å²) in [5.41, 5.74) is 2.56. The van der Waals surface area contributed by atoms with Crippen LogP contribution in [0.5, 0.6) is 0 Å². The fraction of sp³-hybridized carbons (Fsp3) is 0.409. The van der Waals surface area contributed by atoms with Crippen molar-refractivity contribution < 1.29 is 14.4 Å². The largest absolute Gasteiger partial charge is 0.346 e. The molecule has 2 atom stereocenters. The van der Waals surface area contributed by atoms with Gasteiger partial charge in [0.05, 0.1) is 6.04 Å². The highest BCUT2D eigenvalue weighted by Crippen LogP contribution is 2.35. The number of hydrogen-bond acceptors (Lipinski definition) is 4. The standard InChI is InChI=1S/C22H27N3O3S/c1-13-8-6-9-15(14(13)2)18-20(27)25(21(28)24-18)12-17(26)23-19(22(3,4)5)16-10-7-11-29-16/h6-11,18-19H,12H2,1-5H3,(H,23,26)(H,24,28)/t18-,19-/m0/s1. The Kier molecular flexibility index (Phi) is 5.80. The van der Waals surface area contributed by atoms with Crippen molar-refractivity contribution in [3.05, 3.63) is 57.3 Å². The lowest BCUT2D eigenvalue weighted by Gasteiger charge is -2.31. The van der Waals surface area contributed by atoms with Crippen molar-refractivity contribution in [3.63, 3.8) is 0 Å². The Bertz CT molecular complexity index is 931. The molecule has 1 saturated heterocycles. The third-order valence-corrected chi connectivity index (χ3v) is 6.22. The molecule has 0 unspecified atom stereocenters. The molecule has 3 rings (SSSR count). The van der Waals surface area contributed by atoms with Crippen molar-refractivity contribution >= 4 is 29.2 Å². The Morgan fingerprint density at radius 3 is 2.55 bits per heavy atom. The van der Waals surface area contributed by atoms with Crippen molar-refractivity contribution in [1.29, 1.82) is 0 Å². The van der Waals surface area contributed by atoms with E-state index in [0.29, 0.717) is 0 Å². The van der Waals surface area contributed by atoms with Crippen LogP contribution in [0.3, 0.4) is 0 Å². The molecule has 0 spiro atoms. The molecule has 4 amide bonds. The summed E-state index contributed by atoms with van der Waals surface area (Å²) in [6.45, 7) is 9.71. The molecular weight excluding hydrogens is 386 g/mol. The smallest absolute Gasteiger partial charge is 0.325 e. The number of urea groups is 1. The van der Waals surface area contributed by atoms with Crippen LogP contribution >= 0.6 is 11.3 Å². The molecule has 0 bridgehead atoms. The van der Waals surface area contributed by atoms with Crippen LogP contribution in [-0.2, 0) is 9.59 Å². The van der Waals surface area contributed by atoms with Gasteiger partial charge in [-0.25, -0.2) is 4.79 Å². The summed E-state index contributed by atoms with van der Waals surface area (Å²) < 4.78 is 0. The molecule has 0 saturated carbocycles. The van der Waals surface area contributed by atoms with Gasteiger partial charge in [0.15, 0.2) is 0 Å². The zero-order valence-electron chi connectivity index (χ0n) is 17.4. The molecule has 2 aromatic rings. The highest BCUT2D eigenvalue weighted by atomic mass is 32.1. The number of carbonyl (C=O) groups is 3. The van der Waals surface area contributed by atoms with Crippen LogP contribution < -0.4 is 10.6 Å². The summed E-state index contributed by atoms with van der Waals surface area (Å²) in [6.07, 6.45) is 0. The first-order valence-electron chi connectivity index (χ1n) is 9.60. The summed E-state index contributed by atoms with van der Waals surface area (Å²) in [7, 11) is 0. The molecule has 1 aliphatic heterocycles. The lowest BCUT2D eigenvalue weighted by Crippen LogP contribution is -2.44. The van der Waals surface area contributed by atoms with Crippen molar-refractivity contribution in [2.24, 2.45) is 5.41 Å². The van der Waals surface area contributed by atoms with E-state index in [2.05, 4.69) is 10.6 Å². The zero-order valence-corrected chi connectivity index (χ0v) is 18.2. The minimum Gasteiger partial charge on any atom is -0.346 e. The second kappa shape index (κ2) is 7.99. The van der Waals surface area contributed by atoms with Gasteiger partial charge < -0.3 is 10.6 Å². The first-order chi connectivity index (χ1) is 13.6. The lowest BCUT2D eigenvalue weighted by molar-refractivity contribution is -0.132. The van der Waals surface area contributed by atoms with Crippen LogP contribution in [-0.4, -0.2) is 29.3 Å². The Hall–Kier alpha value is -2.67. The van der Waals surface area contributed by atoms with Gasteiger partial charge in [-0.3, -0.25) is 14.5 Å². The Labute approximate surface area is 175 Å². The maximum absolute atomic E-state index is 12.9. The number of rotatable bonds is 5. The summed E-state index contributed by atoms with van der Waals surface area (Å²) in [4.78, 5) is 40.1. The van der Waals surface area contributed by atoms with E-state index >= 15 is 0 Å². The fourth-order valence-electron chi connectivity index (χ4n) is 3.49. The van der Waals surface area contributed by atoms with E-state index in [1.54, 1.807) is 11.3 Å². The summed E-state index contributed by atoms with van der Waals surface area (Å²) >= 11 is 1.57. The highest BCUT2D eigenvalue weighted by Gasteiger charge is 2.41. The maximum atomic E-state index is 12.9. The van der Waals surface area contributed by atoms with E-state index in [9.17, 15) is 14.4 Å². The quantitative estimate of drug-likeness (QED) is 0.731. The van der Waals surface area contributed by atoms with E-state index in [4.69, 9.17) is 0 Å². The predicted molar refractivity (Wildman–Crippen MR) is 114 cm³/mol. The van der Waals surface area contributed by atoms with E-state index in [1.165, 1.54) is 0 Å². The number of nitrogens with one attached hydrogen (secondary N) is 2. The van der Waals surface area contributed by atoms with Gasteiger partial charge in [0.25, 0.3) is 5.91 Å². The molecular formula is C22H27N3O3S. The number of thiophene rings is 1. The second-order valence-corrected chi connectivity index (χ2v) is 9.46. The molecule has 1 aromatic carbocycles. The van der Waals surface area contributed by atoms with Gasteiger partial charge in [-0.05, 0) is 47.4 Å². The summed E-state index contributed by atoms with van der Waals surface area (Å²) in [5, 5.41) is 7.68. The Morgan fingerprint density at radius 2 is 1.93 bits per heavy atom. The van der Waals surface area contributed by atoms with Crippen LogP contribution in [0.15, 0.2) is 35.7 Å². The Balaban J connectivity index is 1.74. The first kappa shape index (κ1) is 21.0. The number of amides is 4. The topological polar surface area (TPSA) is 78.5 Å². The lowest BCUT2D eigenvalue weighted by atomic mass is 9.85. The first-order valence-corrected chi connectivity index (χ1v) is 10.5. The molecule has 1 aromatic heterocycles. The van der Waals surface area contributed by atoms with Crippen molar-refractivity contribution in [2.75, 3.05) is 6.54 Å². The van der Waals surface area contributed by atoms with Gasteiger partial charge in [0.2, 0.25) is 5.91 Å². The van der Waals surface area contributed by atoms with Gasteiger partial charge >= 0.3 is 6.03 Å². The SMILES string of the molecule is Cc1cccc([C@@H]2NC(=O)N(CC(=O)N[C@@H](c3cccs3)C(C)(C)C)C2=O)c1C. The van der Waals surface area contributed by atoms with Crippen LogP contribution in [0.2, 0.25) is 0 Å². The molecule has 2 N–H and O–H groups in total. The zero-order chi connectivity index (χ0) is 21.3. The normalized spacial score (nSPS) is 18.0. The number of aryl methyl sites for hydroxylation is 1. The average molecular weight is 414 g/mol. The highest BCUT2D eigenvalue weighted by molar-refractivity contribution is 7.10. The third kappa shape index (κ3) is 4.34. The molecule has 1 fully saturated rings. The number of hydrogen-bond donors (Lipinski definition) is 2. The van der Waals surface area contributed by atoms with E-state index in [-0.39, 0.29) is 23.9 Å². The monoisotopic (exact) mass is 413 g/mol. The van der Waals surface area contributed by atoms with Crippen LogP contribution in [0, 0.1) is 19.3 Å². The van der Waals surface area contributed by atoms with E-state index in [1.807, 2.05) is 70.3 Å². The van der Waals surface area contributed by atoms with Gasteiger partial charge in [-0.2, -0.15) is 0 Å². The van der Waals surface area contributed by atoms with Crippen LogP contribution in [0.1, 0.15) is 54.4 Å². The van der Waals surface area contributed by atoms with Crippen molar-refractivity contribution in [3.8, 4) is 0 Å². The van der Waals surface area contributed by atoms with Gasteiger partial charge in [0, 0.05) is 4.88 Å². The Morgan fingerprint density at radius 1 is 1.21 bits per heavy atom. The molecule has 2 heterocycles. The number of carbonyl (C=O) groups excluding carboxylic acids is 3. The number of imide groups is 1. The van der Waals surface area contributed by atoms with Gasteiger partial charge in [-0.15, -0.1) is 11.3 Å². The molecule has 154 valence electrons. The molecule has 0 aliphatic carbocycles. The minimum absolute atomic E-state index is 0.203. The third-order valence-electron chi connectivity index (χ3n) is 5.28. The van der Waals surface area contributed by atoms with E-state index in [0.717, 1.165) is 26.5 Å². The van der Waals surface area contributed by atoms with Crippen molar-refractivity contribution in [1.82, 2.24) is 15.5 Å². The van der Waals surface area contributed by atoms with Crippen LogP contribution in [0.4, 0.5) is 4.79 Å². The summed E-state index contributed by atoms with van der Waals surface area (Å²) in [6, 6.07) is 8.07. The van der Waals surface area contributed by atoms with Gasteiger partial charge in [-0.1, -0.05) is 45.0 Å². The predicted octanol–water partition coefficient (Wildman–Crippen LogP) is 3.86. The number of benzene rings is 1. The molecule has 0 radical (unpaired) electrons. The van der Waals surface area contributed by atoms with E-state index < -0.39 is 18.0 Å². The second-order valence-electron chi connectivity index (χ2n) is 8.48. The fourth-order valence-corrected chi connectivity index (χ4v) is 4.51.